The largest absolute Gasteiger partial charge is 0.304 e. The third-order valence-electron chi connectivity index (χ3n) is 2.64. The van der Waals surface area contributed by atoms with Crippen LogP contribution in [0, 0.1) is 18.2 Å². The smallest absolute Gasteiger partial charge is 0.230 e. The number of β-lactam (4-membered cyclic amide) rings is 1. The Bertz CT molecular complexity index is 484. The van der Waals surface area contributed by atoms with E-state index in [0.717, 1.165) is 0 Å². The first-order valence-electron chi connectivity index (χ1n) is 4.86. The average molecular weight is 215 g/mol. The molecule has 1 aromatic carbocycles. The van der Waals surface area contributed by atoms with Crippen LogP contribution in [0.1, 0.15) is 6.42 Å². The molecule has 0 bridgehead atoms. The van der Waals surface area contributed by atoms with E-state index in [2.05, 4.69) is 12.5 Å². The second-order valence-electron chi connectivity index (χ2n) is 3.63. The molecule has 1 aromatic rings. The molecule has 80 valence electrons. The lowest BCUT2D eigenvalue weighted by atomic mass is 9.94. The minimum absolute atomic E-state index is 0.0204. The fourth-order valence-corrected chi connectivity index (χ4v) is 1.72. The van der Waals surface area contributed by atoms with Crippen LogP contribution in [0.15, 0.2) is 36.4 Å². The first-order chi connectivity index (χ1) is 7.63. The van der Waals surface area contributed by atoms with Gasteiger partial charge in [-0.1, -0.05) is 12.5 Å². The minimum atomic E-state index is -0.330. The standard InChI is InChI=1S/C13H10FNO/c1-3-9(2)12-8-13(16)15(12)11-6-4-10(14)5-7-11/h1,4-7,12H,2,8H2/t12-/m0/s1. The van der Waals surface area contributed by atoms with Crippen molar-refractivity contribution in [3.8, 4) is 12.3 Å². The number of carbonyl (C=O) groups excluding carboxylic acids is 1. The summed E-state index contributed by atoms with van der Waals surface area (Å²) in [5.74, 6) is 2.09. The summed E-state index contributed by atoms with van der Waals surface area (Å²) in [7, 11) is 0. The van der Waals surface area contributed by atoms with Gasteiger partial charge in [-0.2, -0.15) is 0 Å². The van der Waals surface area contributed by atoms with Crippen LogP contribution >= 0.6 is 0 Å². The van der Waals surface area contributed by atoms with Crippen molar-refractivity contribution in [3.63, 3.8) is 0 Å². The third kappa shape index (κ3) is 1.59. The SMILES string of the molecule is C#CC(=C)[C@@H]1CC(=O)N1c1ccc(F)cc1. The van der Waals surface area contributed by atoms with Crippen molar-refractivity contribution in [2.45, 2.75) is 12.5 Å². The molecule has 1 fully saturated rings. The first kappa shape index (κ1) is 10.4. The van der Waals surface area contributed by atoms with E-state index in [9.17, 15) is 9.18 Å². The van der Waals surface area contributed by atoms with Crippen molar-refractivity contribution in [2.75, 3.05) is 4.90 Å². The summed E-state index contributed by atoms with van der Waals surface area (Å²) in [6, 6.07) is 5.60. The maximum absolute atomic E-state index is 12.7. The predicted octanol–water partition coefficient (Wildman–Crippen LogP) is 2.12. The number of rotatable bonds is 2. The van der Waals surface area contributed by atoms with Crippen LogP contribution in [-0.4, -0.2) is 11.9 Å². The van der Waals surface area contributed by atoms with Gasteiger partial charge in [0.05, 0.1) is 12.5 Å². The van der Waals surface area contributed by atoms with Gasteiger partial charge in [0, 0.05) is 11.3 Å². The summed E-state index contributed by atoms with van der Waals surface area (Å²) in [5, 5.41) is 0. The van der Waals surface area contributed by atoms with E-state index in [0.29, 0.717) is 17.7 Å². The molecule has 0 aromatic heterocycles. The number of hydrogen-bond acceptors (Lipinski definition) is 1. The summed E-state index contributed by atoms with van der Waals surface area (Å²) in [4.78, 5) is 13.0. The van der Waals surface area contributed by atoms with Crippen molar-refractivity contribution in [2.24, 2.45) is 0 Å². The monoisotopic (exact) mass is 215 g/mol. The molecule has 0 spiro atoms. The molecule has 0 saturated carbocycles. The maximum atomic E-state index is 12.7. The van der Waals surface area contributed by atoms with Crippen molar-refractivity contribution >= 4 is 11.6 Å². The lowest BCUT2D eigenvalue weighted by Crippen LogP contribution is -2.53. The number of hydrogen-bond donors (Lipinski definition) is 0. The zero-order valence-electron chi connectivity index (χ0n) is 8.61. The Balaban J connectivity index is 2.26. The first-order valence-corrected chi connectivity index (χ1v) is 4.86. The van der Waals surface area contributed by atoms with E-state index >= 15 is 0 Å². The van der Waals surface area contributed by atoms with E-state index in [1.807, 2.05) is 0 Å². The Morgan fingerprint density at radius 1 is 1.50 bits per heavy atom. The highest BCUT2D eigenvalue weighted by atomic mass is 19.1. The summed E-state index contributed by atoms with van der Waals surface area (Å²) in [6.07, 6.45) is 5.62. The molecule has 1 amide bonds. The van der Waals surface area contributed by atoms with Gasteiger partial charge in [0.25, 0.3) is 0 Å². The number of halogens is 1. The van der Waals surface area contributed by atoms with Gasteiger partial charge < -0.3 is 4.90 Å². The highest BCUT2D eigenvalue weighted by molar-refractivity contribution is 6.02. The lowest BCUT2D eigenvalue weighted by molar-refractivity contribution is -0.123. The molecule has 0 radical (unpaired) electrons. The summed E-state index contributed by atoms with van der Waals surface area (Å²) < 4.78 is 12.7. The topological polar surface area (TPSA) is 20.3 Å². The second kappa shape index (κ2) is 3.82. The van der Waals surface area contributed by atoms with E-state index in [4.69, 9.17) is 6.42 Å². The molecule has 16 heavy (non-hydrogen) atoms. The van der Waals surface area contributed by atoms with Crippen LogP contribution in [0.5, 0.6) is 0 Å². The summed E-state index contributed by atoms with van der Waals surface area (Å²) >= 11 is 0. The van der Waals surface area contributed by atoms with Crippen molar-refractivity contribution in [1.82, 2.24) is 0 Å². The number of carbonyl (C=O) groups is 1. The van der Waals surface area contributed by atoms with Gasteiger partial charge in [-0.05, 0) is 24.3 Å². The minimum Gasteiger partial charge on any atom is -0.304 e. The summed E-state index contributed by atoms with van der Waals surface area (Å²) in [6.45, 7) is 3.72. The molecule has 1 heterocycles. The fourth-order valence-electron chi connectivity index (χ4n) is 1.72. The van der Waals surface area contributed by atoms with E-state index in [-0.39, 0.29) is 17.8 Å². The van der Waals surface area contributed by atoms with E-state index in [1.54, 1.807) is 17.0 Å². The van der Waals surface area contributed by atoms with Crippen molar-refractivity contribution in [3.05, 3.63) is 42.2 Å². The van der Waals surface area contributed by atoms with Crippen LogP contribution in [-0.2, 0) is 4.79 Å². The van der Waals surface area contributed by atoms with Crippen molar-refractivity contribution < 1.29 is 9.18 Å². The molecular formula is C13H10FNO. The molecule has 1 saturated heterocycles. The molecule has 1 aliphatic heterocycles. The average Bonchev–Trinajstić information content (AvgIpc) is 2.28. The van der Waals surface area contributed by atoms with Crippen molar-refractivity contribution in [1.29, 1.82) is 0 Å². The number of nitrogens with zero attached hydrogens (tertiary/aromatic N) is 1. The second-order valence-corrected chi connectivity index (χ2v) is 3.63. The maximum Gasteiger partial charge on any atom is 0.230 e. The van der Waals surface area contributed by atoms with Gasteiger partial charge in [-0.3, -0.25) is 4.79 Å². The Kier molecular flexibility index (Phi) is 2.49. The molecule has 1 aliphatic rings. The fraction of sp³-hybridized carbons (Fsp3) is 0.154. The zero-order chi connectivity index (χ0) is 11.7. The highest BCUT2D eigenvalue weighted by Gasteiger charge is 2.38. The van der Waals surface area contributed by atoms with Gasteiger partial charge in [-0.25, -0.2) is 4.39 Å². The van der Waals surface area contributed by atoms with Gasteiger partial charge in [0.15, 0.2) is 0 Å². The quantitative estimate of drug-likeness (QED) is 0.546. The molecule has 0 aliphatic carbocycles. The molecule has 0 N–H and O–H groups in total. The number of amides is 1. The van der Waals surface area contributed by atoms with Crippen LogP contribution in [0.25, 0.3) is 0 Å². The molecule has 2 rings (SSSR count). The molecule has 3 heteroatoms. The van der Waals surface area contributed by atoms with Crippen LogP contribution in [0.3, 0.4) is 0 Å². The zero-order valence-corrected chi connectivity index (χ0v) is 8.61. The van der Waals surface area contributed by atoms with Crippen LogP contribution < -0.4 is 4.90 Å². The summed E-state index contributed by atoms with van der Waals surface area (Å²) in [5.41, 5.74) is 1.22. The lowest BCUT2D eigenvalue weighted by Gasteiger charge is -2.40. The van der Waals surface area contributed by atoms with Gasteiger partial charge in [0.2, 0.25) is 5.91 Å². The van der Waals surface area contributed by atoms with Crippen LogP contribution in [0.2, 0.25) is 0 Å². The van der Waals surface area contributed by atoms with Crippen LogP contribution in [0.4, 0.5) is 10.1 Å². The molecule has 2 nitrogen and oxygen atoms in total. The number of terminal acetylenes is 1. The number of anilines is 1. The Hall–Kier alpha value is -2.08. The predicted molar refractivity (Wildman–Crippen MR) is 60.3 cm³/mol. The van der Waals surface area contributed by atoms with Gasteiger partial charge in [-0.15, -0.1) is 6.42 Å². The third-order valence-corrected chi connectivity index (χ3v) is 2.64. The molecule has 1 atom stereocenters. The highest BCUT2D eigenvalue weighted by Crippen LogP contribution is 2.31. The van der Waals surface area contributed by atoms with E-state index in [1.165, 1.54) is 12.1 Å². The normalized spacial score (nSPS) is 18.9. The Morgan fingerprint density at radius 2 is 2.12 bits per heavy atom. The Labute approximate surface area is 93.4 Å². The van der Waals surface area contributed by atoms with Gasteiger partial charge in [0.1, 0.15) is 5.82 Å². The molecular weight excluding hydrogens is 205 g/mol. The molecule has 0 unspecified atom stereocenters. The van der Waals surface area contributed by atoms with E-state index < -0.39 is 0 Å². The number of benzene rings is 1. The van der Waals surface area contributed by atoms with Gasteiger partial charge >= 0.3 is 0 Å². The Morgan fingerprint density at radius 3 is 2.62 bits per heavy atom.